The van der Waals surface area contributed by atoms with E-state index in [0.29, 0.717) is 24.0 Å². The van der Waals surface area contributed by atoms with Crippen LogP contribution in [0.4, 0.5) is 8.78 Å². The van der Waals surface area contributed by atoms with E-state index < -0.39 is 11.6 Å². The quantitative estimate of drug-likeness (QED) is 0.0819. The molecule has 312 valence electrons. The van der Waals surface area contributed by atoms with Crippen LogP contribution >= 0.6 is 0 Å². The molecule has 0 atom stereocenters. The summed E-state index contributed by atoms with van der Waals surface area (Å²) >= 11 is 0. The zero-order chi connectivity index (χ0) is 41.4. The molecular formula is C50H62F2N6O. The van der Waals surface area contributed by atoms with Gasteiger partial charge in [-0.1, -0.05) is 65.2 Å². The van der Waals surface area contributed by atoms with Gasteiger partial charge in [-0.25, -0.2) is 28.7 Å². The average Bonchev–Trinajstić information content (AvgIpc) is 3.27. The number of ether oxygens (including phenoxy) is 1. The lowest BCUT2D eigenvalue weighted by Gasteiger charge is -2.29. The molecule has 9 heteroatoms. The fourth-order valence-corrected chi connectivity index (χ4v) is 9.17. The van der Waals surface area contributed by atoms with E-state index >= 15 is 8.78 Å². The summed E-state index contributed by atoms with van der Waals surface area (Å²) in [6.45, 7) is 4.46. The van der Waals surface area contributed by atoms with Gasteiger partial charge in [0.1, 0.15) is 46.9 Å². The largest absolute Gasteiger partial charge is 0.457 e. The highest BCUT2D eigenvalue weighted by atomic mass is 19.1. The van der Waals surface area contributed by atoms with Crippen molar-refractivity contribution in [3.8, 4) is 23.6 Å². The van der Waals surface area contributed by atoms with Gasteiger partial charge in [0.15, 0.2) is 0 Å². The Balaban J connectivity index is 1.08. The Bertz CT molecular complexity index is 1860. The maximum Gasteiger partial charge on any atom is 0.147 e. The van der Waals surface area contributed by atoms with E-state index in [9.17, 15) is 10.5 Å². The van der Waals surface area contributed by atoms with Crippen molar-refractivity contribution in [2.45, 2.75) is 167 Å². The standard InChI is InChI=1S/C50H62F2N6O/c1-3-5-7-9-11-13-37-31-55-49(56-32-37)39-19-15-35(16-20-39)27-43-45(25-23-41(29-53)47(43)51)59-46-26-24-42(30-54)48(52)44(46)28-36-17-21-40(22-18-36)50-57-33-38(34-58-50)14-12-10-8-6-4-2/h23-26,31-36,39-40H,3-22,27-28H2,1-2H3. The molecular weight excluding hydrogens is 739 g/mol. The Morgan fingerprint density at radius 3 is 1.27 bits per heavy atom. The first-order chi connectivity index (χ1) is 28.9. The minimum atomic E-state index is -0.586. The molecule has 0 radical (unpaired) electrons. The van der Waals surface area contributed by atoms with E-state index in [1.807, 2.05) is 36.9 Å². The molecule has 0 bridgehead atoms. The van der Waals surface area contributed by atoms with Gasteiger partial charge >= 0.3 is 0 Å². The number of aryl methyl sites for hydroxylation is 2. The fraction of sp³-hybridized carbons (Fsp3) is 0.560. The average molecular weight is 801 g/mol. The highest BCUT2D eigenvalue weighted by Gasteiger charge is 2.30. The molecule has 59 heavy (non-hydrogen) atoms. The first-order valence-corrected chi connectivity index (χ1v) is 22.6. The molecule has 0 aliphatic heterocycles. The normalized spacial score (nSPS) is 19.2. The predicted octanol–water partition coefficient (Wildman–Crippen LogP) is 13.1. The maximum atomic E-state index is 16.0. The summed E-state index contributed by atoms with van der Waals surface area (Å²) in [5.74, 6) is 2.06. The molecule has 7 nitrogen and oxygen atoms in total. The van der Waals surface area contributed by atoms with Crippen LogP contribution < -0.4 is 4.74 Å². The molecule has 2 aliphatic rings. The third-order valence-electron chi connectivity index (χ3n) is 12.9. The van der Waals surface area contributed by atoms with Crippen LogP contribution in [0.25, 0.3) is 0 Å². The van der Waals surface area contributed by atoms with Crippen LogP contribution in [-0.4, -0.2) is 19.9 Å². The first-order valence-electron chi connectivity index (χ1n) is 22.6. The summed E-state index contributed by atoms with van der Waals surface area (Å²) in [6, 6.07) is 10.1. The second-order valence-corrected chi connectivity index (χ2v) is 17.2. The lowest BCUT2D eigenvalue weighted by molar-refractivity contribution is 0.308. The van der Waals surface area contributed by atoms with Crippen molar-refractivity contribution in [2.75, 3.05) is 0 Å². The topological polar surface area (TPSA) is 108 Å². The molecule has 2 saturated carbocycles. The van der Waals surface area contributed by atoms with Gasteiger partial charge in [-0.2, -0.15) is 10.5 Å². The SMILES string of the molecule is CCCCCCCc1cnc(C2CCC(Cc3c(Oc4ccc(C#N)c(F)c4CC4CCC(c5ncc(CCCCCCC)cn5)CC4)ccc(C#N)c3F)CC2)nc1. The number of hydrogen-bond acceptors (Lipinski definition) is 7. The summed E-state index contributed by atoms with van der Waals surface area (Å²) in [4.78, 5) is 19.0. The third kappa shape index (κ3) is 12.2. The second-order valence-electron chi connectivity index (χ2n) is 17.2. The van der Waals surface area contributed by atoms with Crippen molar-refractivity contribution in [3.05, 3.63) is 106 Å². The zero-order valence-corrected chi connectivity index (χ0v) is 35.3. The highest BCUT2D eigenvalue weighted by molar-refractivity contribution is 5.49. The molecule has 0 N–H and O–H groups in total. The van der Waals surface area contributed by atoms with E-state index in [1.165, 1.54) is 74.6 Å². The fourth-order valence-electron chi connectivity index (χ4n) is 9.17. The summed E-state index contributed by atoms with van der Waals surface area (Å²) in [5.41, 5.74) is 2.98. The van der Waals surface area contributed by atoms with Crippen molar-refractivity contribution in [1.29, 1.82) is 10.5 Å². The van der Waals surface area contributed by atoms with Gasteiger partial charge in [-0.3, -0.25) is 0 Å². The van der Waals surface area contributed by atoms with E-state index in [0.717, 1.165) is 88.7 Å². The van der Waals surface area contributed by atoms with Crippen LogP contribution in [0.2, 0.25) is 0 Å². The summed E-state index contributed by atoms with van der Waals surface area (Å²) < 4.78 is 38.5. The molecule has 2 aromatic carbocycles. The van der Waals surface area contributed by atoms with E-state index in [1.54, 1.807) is 12.1 Å². The molecule has 0 spiro atoms. The second kappa shape index (κ2) is 22.6. The molecule has 2 aliphatic carbocycles. The Morgan fingerprint density at radius 1 is 0.542 bits per heavy atom. The number of nitrogens with zero attached hydrogens (tertiary/aromatic N) is 6. The van der Waals surface area contributed by atoms with Crippen molar-refractivity contribution in [2.24, 2.45) is 11.8 Å². The Labute approximate surface area is 351 Å². The summed E-state index contributed by atoms with van der Waals surface area (Å²) in [5, 5.41) is 19.5. The Morgan fingerprint density at radius 2 is 0.915 bits per heavy atom. The van der Waals surface area contributed by atoms with Gasteiger partial charge in [0, 0.05) is 47.8 Å². The molecule has 2 fully saturated rings. The van der Waals surface area contributed by atoms with Crippen molar-refractivity contribution in [1.82, 2.24) is 19.9 Å². The minimum absolute atomic E-state index is 0.0380. The van der Waals surface area contributed by atoms with E-state index in [2.05, 4.69) is 13.8 Å². The number of aromatic nitrogens is 4. The van der Waals surface area contributed by atoms with Crippen LogP contribution in [0.5, 0.6) is 11.5 Å². The van der Waals surface area contributed by atoms with Crippen LogP contribution in [0, 0.1) is 46.1 Å². The Hall–Kier alpha value is -4.76. The number of rotatable bonds is 20. The number of unbranched alkanes of at least 4 members (excludes halogenated alkanes) is 8. The number of halogens is 2. The van der Waals surface area contributed by atoms with Gasteiger partial charge in [0.05, 0.1) is 11.1 Å². The van der Waals surface area contributed by atoms with Crippen LogP contribution in [0.1, 0.15) is 186 Å². The molecule has 4 aromatic rings. The number of benzene rings is 2. The molecule has 6 rings (SSSR count). The predicted molar refractivity (Wildman–Crippen MR) is 228 cm³/mol. The van der Waals surface area contributed by atoms with Crippen LogP contribution in [-0.2, 0) is 25.7 Å². The summed E-state index contributed by atoms with van der Waals surface area (Å²) in [6.07, 6.45) is 30.3. The third-order valence-corrected chi connectivity index (χ3v) is 12.9. The van der Waals surface area contributed by atoms with Gasteiger partial charge in [0.2, 0.25) is 0 Å². The molecule has 0 amide bonds. The van der Waals surface area contributed by atoms with E-state index in [-0.39, 0.29) is 46.3 Å². The number of hydrogen-bond donors (Lipinski definition) is 0. The molecule has 2 aromatic heterocycles. The van der Waals surface area contributed by atoms with Gasteiger partial charge in [0.25, 0.3) is 0 Å². The van der Waals surface area contributed by atoms with Crippen molar-refractivity contribution < 1.29 is 13.5 Å². The molecule has 2 heterocycles. The Kier molecular flexibility index (Phi) is 16.8. The highest BCUT2D eigenvalue weighted by Crippen LogP contribution is 2.42. The van der Waals surface area contributed by atoms with Gasteiger partial charge in [-0.05, 0) is 137 Å². The maximum absolute atomic E-state index is 16.0. The van der Waals surface area contributed by atoms with Crippen LogP contribution in [0.15, 0.2) is 49.1 Å². The molecule has 0 unspecified atom stereocenters. The first kappa shape index (κ1) is 43.8. The lowest BCUT2D eigenvalue weighted by atomic mass is 9.78. The summed E-state index contributed by atoms with van der Waals surface area (Å²) in [7, 11) is 0. The van der Waals surface area contributed by atoms with Crippen LogP contribution in [0.3, 0.4) is 0 Å². The van der Waals surface area contributed by atoms with Crippen molar-refractivity contribution >= 4 is 0 Å². The smallest absolute Gasteiger partial charge is 0.147 e. The lowest BCUT2D eigenvalue weighted by Crippen LogP contribution is -2.18. The van der Waals surface area contributed by atoms with E-state index in [4.69, 9.17) is 24.7 Å². The number of nitriles is 2. The van der Waals surface area contributed by atoms with Gasteiger partial charge in [-0.15, -0.1) is 0 Å². The van der Waals surface area contributed by atoms with Crippen molar-refractivity contribution in [3.63, 3.8) is 0 Å². The minimum Gasteiger partial charge on any atom is -0.457 e. The zero-order valence-electron chi connectivity index (χ0n) is 35.3. The monoisotopic (exact) mass is 800 g/mol. The molecule has 0 saturated heterocycles. The van der Waals surface area contributed by atoms with Gasteiger partial charge < -0.3 is 4.74 Å².